The van der Waals surface area contributed by atoms with E-state index < -0.39 is 10.9 Å². The molecule has 0 amide bonds. The normalized spacial score (nSPS) is 10.4. The van der Waals surface area contributed by atoms with Crippen LogP contribution in [0.15, 0.2) is 28.3 Å². The average molecular weight is 294 g/mol. The SMILES string of the molecule is CCc1nc(Sc2ccc(C(=O)O)cc2[N+](=O)[O-])n[nH]1. The zero-order valence-corrected chi connectivity index (χ0v) is 11.2. The van der Waals surface area contributed by atoms with Gasteiger partial charge in [0.25, 0.3) is 5.69 Å². The molecular formula is C11H10N4O4S. The van der Waals surface area contributed by atoms with Crippen LogP contribution < -0.4 is 0 Å². The fourth-order valence-electron chi connectivity index (χ4n) is 1.46. The zero-order valence-electron chi connectivity index (χ0n) is 10.4. The standard InChI is InChI=1S/C11H10N4O4S/c1-2-9-12-11(14-13-9)20-8-4-3-6(10(16)17)5-7(8)15(18)19/h3-5H,2H2,1H3,(H,16,17)(H,12,13,14). The summed E-state index contributed by atoms with van der Waals surface area (Å²) < 4.78 is 0. The predicted molar refractivity (Wildman–Crippen MR) is 69.9 cm³/mol. The third-order valence-electron chi connectivity index (χ3n) is 2.45. The lowest BCUT2D eigenvalue weighted by molar-refractivity contribution is -0.387. The molecule has 2 aromatic rings. The molecule has 0 radical (unpaired) electrons. The second-order valence-electron chi connectivity index (χ2n) is 3.77. The van der Waals surface area contributed by atoms with Crippen LogP contribution in [0, 0.1) is 10.1 Å². The highest BCUT2D eigenvalue weighted by Gasteiger charge is 2.19. The highest BCUT2D eigenvalue weighted by Crippen LogP contribution is 2.33. The molecule has 0 aliphatic rings. The van der Waals surface area contributed by atoms with Gasteiger partial charge in [0, 0.05) is 12.5 Å². The number of hydrogen-bond donors (Lipinski definition) is 2. The van der Waals surface area contributed by atoms with Crippen molar-refractivity contribution in [2.75, 3.05) is 0 Å². The molecule has 8 nitrogen and oxygen atoms in total. The van der Waals surface area contributed by atoms with Gasteiger partial charge in [0.2, 0.25) is 5.16 Å². The minimum Gasteiger partial charge on any atom is -0.478 e. The maximum atomic E-state index is 11.0. The van der Waals surface area contributed by atoms with E-state index in [1.54, 1.807) is 0 Å². The summed E-state index contributed by atoms with van der Waals surface area (Å²) in [7, 11) is 0. The van der Waals surface area contributed by atoms with Crippen LogP contribution in [-0.4, -0.2) is 31.2 Å². The highest BCUT2D eigenvalue weighted by atomic mass is 32.2. The molecule has 20 heavy (non-hydrogen) atoms. The quantitative estimate of drug-likeness (QED) is 0.639. The summed E-state index contributed by atoms with van der Waals surface area (Å²) >= 11 is 1.01. The number of aromatic amines is 1. The van der Waals surface area contributed by atoms with Crippen LogP contribution in [0.2, 0.25) is 0 Å². The Bertz CT molecular complexity index is 670. The van der Waals surface area contributed by atoms with Crippen molar-refractivity contribution >= 4 is 23.4 Å². The molecule has 1 aromatic carbocycles. The molecule has 0 unspecified atom stereocenters. The van der Waals surface area contributed by atoms with Crippen LogP contribution in [0.25, 0.3) is 0 Å². The van der Waals surface area contributed by atoms with E-state index in [4.69, 9.17) is 5.11 Å². The summed E-state index contributed by atoms with van der Waals surface area (Å²) in [5, 5.41) is 26.8. The molecule has 1 heterocycles. The van der Waals surface area contributed by atoms with Gasteiger partial charge in [-0.05, 0) is 23.9 Å². The van der Waals surface area contributed by atoms with Gasteiger partial charge in [0.05, 0.1) is 15.4 Å². The molecule has 0 saturated carbocycles. The van der Waals surface area contributed by atoms with Crippen LogP contribution in [0.3, 0.4) is 0 Å². The summed E-state index contributed by atoms with van der Waals surface area (Å²) in [6.07, 6.45) is 0.674. The number of aromatic nitrogens is 3. The van der Waals surface area contributed by atoms with Crippen molar-refractivity contribution in [2.24, 2.45) is 0 Å². The molecule has 0 aliphatic carbocycles. The van der Waals surface area contributed by atoms with Gasteiger partial charge >= 0.3 is 5.97 Å². The second-order valence-corrected chi connectivity index (χ2v) is 4.77. The Morgan fingerprint density at radius 2 is 2.30 bits per heavy atom. The van der Waals surface area contributed by atoms with E-state index in [0.717, 1.165) is 17.8 Å². The molecule has 0 spiro atoms. The molecule has 9 heteroatoms. The number of nitro groups is 1. The van der Waals surface area contributed by atoms with Crippen LogP contribution in [0.4, 0.5) is 5.69 Å². The van der Waals surface area contributed by atoms with Gasteiger partial charge in [0.1, 0.15) is 5.82 Å². The number of carboxylic acid groups (broad SMARTS) is 1. The van der Waals surface area contributed by atoms with E-state index in [-0.39, 0.29) is 11.3 Å². The van der Waals surface area contributed by atoms with Crippen molar-refractivity contribution in [3.8, 4) is 0 Å². The first-order valence-electron chi connectivity index (χ1n) is 5.62. The Balaban J connectivity index is 2.35. The van der Waals surface area contributed by atoms with Gasteiger partial charge in [-0.1, -0.05) is 6.92 Å². The van der Waals surface area contributed by atoms with E-state index in [1.165, 1.54) is 12.1 Å². The Labute approximate surface area is 117 Å². The summed E-state index contributed by atoms with van der Waals surface area (Å²) in [6.45, 7) is 1.90. The number of aromatic carboxylic acids is 1. The number of H-pyrrole nitrogens is 1. The number of nitrogens with zero attached hydrogens (tertiary/aromatic N) is 3. The van der Waals surface area contributed by atoms with Gasteiger partial charge in [-0.15, -0.1) is 5.10 Å². The molecule has 0 saturated heterocycles. The summed E-state index contributed by atoms with van der Waals surface area (Å²) in [5.74, 6) is -0.534. The topological polar surface area (TPSA) is 122 Å². The predicted octanol–water partition coefficient (Wildman–Crippen LogP) is 2.12. The number of hydrogen-bond acceptors (Lipinski definition) is 6. The monoisotopic (exact) mass is 294 g/mol. The van der Waals surface area contributed by atoms with Crippen molar-refractivity contribution in [3.63, 3.8) is 0 Å². The number of carboxylic acids is 1. The van der Waals surface area contributed by atoms with Crippen molar-refractivity contribution in [1.82, 2.24) is 15.2 Å². The van der Waals surface area contributed by atoms with Gasteiger partial charge in [-0.2, -0.15) is 0 Å². The molecule has 0 atom stereocenters. The maximum Gasteiger partial charge on any atom is 0.335 e. The van der Waals surface area contributed by atoms with E-state index in [2.05, 4.69) is 15.2 Å². The lowest BCUT2D eigenvalue weighted by atomic mass is 10.2. The Kier molecular flexibility index (Phi) is 3.99. The Morgan fingerprint density at radius 3 is 2.85 bits per heavy atom. The third kappa shape index (κ3) is 2.94. The van der Waals surface area contributed by atoms with Crippen molar-refractivity contribution in [3.05, 3.63) is 39.7 Å². The molecule has 0 aliphatic heterocycles. The summed E-state index contributed by atoms with van der Waals surface area (Å²) in [4.78, 5) is 25.6. The summed E-state index contributed by atoms with van der Waals surface area (Å²) in [6, 6.07) is 3.72. The molecule has 2 rings (SSSR count). The number of rotatable bonds is 5. The second kappa shape index (κ2) is 5.70. The minimum atomic E-state index is -1.21. The van der Waals surface area contributed by atoms with Crippen LogP contribution in [-0.2, 0) is 6.42 Å². The van der Waals surface area contributed by atoms with Crippen LogP contribution in [0.1, 0.15) is 23.1 Å². The first-order chi connectivity index (χ1) is 9.51. The van der Waals surface area contributed by atoms with Crippen LogP contribution >= 0.6 is 11.8 Å². The van der Waals surface area contributed by atoms with Crippen molar-refractivity contribution in [1.29, 1.82) is 0 Å². The maximum absolute atomic E-state index is 11.0. The molecular weight excluding hydrogens is 284 g/mol. The lowest BCUT2D eigenvalue weighted by Gasteiger charge is -2.01. The smallest absolute Gasteiger partial charge is 0.335 e. The average Bonchev–Trinajstić information content (AvgIpc) is 2.86. The molecule has 1 aromatic heterocycles. The molecule has 0 bridgehead atoms. The largest absolute Gasteiger partial charge is 0.478 e. The van der Waals surface area contributed by atoms with Gasteiger partial charge < -0.3 is 5.11 Å². The Morgan fingerprint density at radius 1 is 1.55 bits per heavy atom. The minimum absolute atomic E-state index is 0.134. The van der Waals surface area contributed by atoms with E-state index in [1.807, 2.05) is 6.92 Å². The van der Waals surface area contributed by atoms with Crippen LogP contribution in [0.5, 0.6) is 0 Å². The first kappa shape index (κ1) is 14.0. The third-order valence-corrected chi connectivity index (χ3v) is 3.38. The number of carbonyl (C=O) groups is 1. The molecule has 104 valence electrons. The number of benzene rings is 1. The van der Waals surface area contributed by atoms with E-state index in [9.17, 15) is 14.9 Å². The molecule has 0 fully saturated rings. The Hall–Kier alpha value is -2.42. The van der Waals surface area contributed by atoms with E-state index in [0.29, 0.717) is 22.3 Å². The van der Waals surface area contributed by atoms with Gasteiger partial charge in [-0.3, -0.25) is 15.2 Å². The summed E-state index contributed by atoms with van der Waals surface area (Å²) in [5.41, 5.74) is -0.414. The number of nitro benzene ring substituents is 1. The lowest BCUT2D eigenvalue weighted by Crippen LogP contribution is -1.99. The number of aryl methyl sites for hydroxylation is 1. The first-order valence-corrected chi connectivity index (χ1v) is 6.43. The van der Waals surface area contributed by atoms with Crippen molar-refractivity contribution in [2.45, 2.75) is 23.4 Å². The molecule has 2 N–H and O–H groups in total. The van der Waals surface area contributed by atoms with E-state index >= 15 is 0 Å². The fraction of sp³-hybridized carbons (Fsp3) is 0.182. The fourth-order valence-corrected chi connectivity index (χ4v) is 2.28. The number of nitrogens with one attached hydrogen (secondary N) is 1. The van der Waals surface area contributed by atoms with Gasteiger partial charge in [0.15, 0.2) is 0 Å². The van der Waals surface area contributed by atoms with Gasteiger partial charge in [-0.25, -0.2) is 9.78 Å². The zero-order chi connectivity index (χ0) is 14.7. The van der Waals surface area contributed by atoms with Crippen molar-refractivity contribution < 1.29 is 14.8 Å². The highest BCUT2D eigenvalue weighted by molar-refractivity contribution is 7.99.